The number of non-ortho nitro benzene ring substituents is 1. The summed E-state index contributed by atoms with van der Waals surface area (Å²) in [6.45, 7) is 4.50. The molecule has 104 valence electrons. The first-order valence-corrected chi connectivity index (χ1v) is 6.58. The van der Waals surface area contributed by atoms with E-state index < -0.39 is 4.92 Å². The van der Waals surface area contributed by atoms with E-state index in [4.69, 9.17) is 11.6 Å². The van der Waals surface area contributed by atoms with Gasteiger partial charge in [0.2, 0.25) is 0 Å². The second-order valence-electron chi connectivity index (χ2n) is 4.76. The summed E-state index contributed by atoms with van der Waals surface area (Å²) in [5.74, 6) is 0. The number of nitro benzene ring substituents is 1. The molecule has 2 aromatic carbocycles. The SMILES string of the molecule is Cc1cc(C)cc(NCc2cc([N+](=O)[O-])ccc2Cl)c1. The molecule has 0 atom stereocenters. The van der Waals surface area contributed by atoms with Crippen LogP contribution in [0.4, 0.5) is 11.4 Å². The van der Waals surface area contributed by atoms with Crippen molar-refractivity contribution in [3.63, 3.8) is 0 Å². The predicted octanol–water partition coefficient (Wildman–Crippen LogP) is 4.48. The fourth-order valence-electron chi connectivity index (χ4n) is 2.08. The molecule has 0 amide bonds. The normalized spacial score (nSPS) is 10.3. The van der Waals surface area contributed by atoms with Gasteiger partial charge in [-0.1, -0.05) is 17.7 Å². The number of halogens is 1. The first-order chi connectivity index (χ1) is 9.45. The summed E-state index contributed by atoms with van der Waals surface area (Å²) in [7, 11) is 0. The van der Waals surface area contributed by atoms with Crippen LogP contribution in [-0.2, 0) is 6.54 Å². The highest BCUT2D eigenvalue weighted by Crippen LogP contribution is 2.23. The van der Waals surface area contributed by atoms with Crippen molar-refractivity contribution < 1.29 is 4.92 Å². The Labute approximate surface area is 122 Å². The number of anilines is 1. The minimum absolute atomic E-state index is 0.0478. The van der Waals surface area contributed by atoms with E-state index in [1.54, 1.807) is 6.07 Å². The Morgan fingerprint density at radius 2 is 1.80 bits per heavy atom. The Hall–Kier alpha value is -2.07. The van der Waals surface area contributed by atoms with E-state index in [0.29, 0.717) is 17.1 Å². The van der Waals surface area contributed by atoms with Gasteiger partial charge in [0.1, 0.15) is 0 Å². The van der Waals surface area contributed by atoms with Crippen LogP contribution >= 0.6 is 11.6 Å². The molecule has 0 bridgehead atoms. The second-order valence-corrected chi connectivity index (χ2v) is 5.17. The maximum Gasteiger partial charge on any atom is 0.269 e. The summed E-state index contributed by atoms with van der Waals surface area (Å²) < 4.78 is 0. The van der Waals surface area contributed by atoms with E-state index in [-0.39, 0.29) is 5.69 Å². The third-order valence-electron chi connectivity index (χ3n) is 2.94. The first kappa shape index (κ1) is 14.3. The number of rotatable bonds is 4. The quantitative estimate of drug-likeness (QED) is 0.667. The van der Waals surface area contributed by atoms with Crippen LogP contribution < -0.4 is 5.32 Å². The van der Waals surface area contributed by atoms with E-state index >= 15 is 0 Å². The number of aryl methyl sites for hydroxylation is 2. The minimum atomic E-state index is -0.420. The van der Waals surface area contributed by atoms with Crippen LogP contribution in [0.5, 0.6) is 0 Å². The van der Waals surface area contributed by atoms with Crippen LogP contribution in [-0.4, -0.2) is 4.92 Å². The summed E-state index contributed by atoms with van der Waals surface area (Å²) in [4.78, 5) is 10.4. The Bertz CT molecular complexity index is 636. The van der Waals surface area contributed by atoms with Crippen molar-refractivity contribution in [2.75, 3.05) is 5.32 Å². The van der Waals surface area contributed by atoms with E-state index in [1.807, 2.05) is 26.0 Å². The molecule has 20 heavy (non-hydrogen) atoms. The molecule has 0 aromatic heterocycles. The van der Waals surface area contributed by atoms with Gasteiger partial charge < -0.3 is 5.32 Å². The molecule has 0 radical (unpaired) electrons. The molecule has 4 nitrogen and oxygen atoms in total. The zero-order valence-corrected chi connectivity index (χ0v) is 12.1. The Balaban J connectivity index is 2.18. The lowest BCUT2D eigenvalue weighted by atomic mass is 10.1. The van der Waals surface area contributed by atoms with Gasteiger partial charge in [0.15, 0.2) is 0 Å². The third-order valence-corrected chi connectivity index (χ3v) is 3.31. The van der Waals surface area contributed by atoms with Crippen LogP contribution in [0.3, 0.4) is 0 Å². The van der Waals surface area contributed by atoms with Crippen LogP contribution in [0.2, 0.25) is 5.02 Å². The zero-order valence-electron chi connectivity index (χ0n) is 11.3. The van der Waals surface area contributed by atoms with Crippen LogP contribution in [0, 0.1) is 24.0 Å². The lowest BCUT2D eigenvalue weighted by Gasteiger charge is -2.10. The highest BCUT2D eigenvalue weighted by molar-refractivity contribution is 6.31. The molecule has 0 unspecified atom stereocenters. The molecule has 0 fully saturated rings. The van der Waals surface area contributed by atoms with Crippen LogP contribution in [0.25, 0.3) is 0 Å². The predicted molar refractivity (Wildman–Crippen MR) is 81.3 cm³/mol. The number of hydrogen-bond donors (Lipinski definition) is 1. The molecule has 0 spiro atoms. The van der Waals surface area contributed by atoms with E-state index in [2.05, 4.69) is 11.4 Å². The van der Waals surface area contributed by atoms with Crippen molar-refractivity contribution in [3.8, 4) is 0 Å². The Morgan fingerprint density at radius 1 is 1.15 bits per heavy atom. The van der Waals surface area contributed by atoms with Gasteiger partial charge >= 0.3 is 0 Å². The third kappa shape index (κ3) is 3.48. The fraction of sp³-hybridized carbons (Fsp3) is 0.200. The average Bonchev–Trinajstić information content (AvgIpc) is 2.36. The highest BCUT2D eigenvalue weighted by atomic mass is 35.5. The molecule has 2 aromatic rings. The van der Waals surface area contributed by atoms with E-state index in [1.165, 1.54) is 12.1 Å². The standard InChI is InChI=1S/C15H15ClN2O2/c1-10-5-11(2)7-13(6-10)17-9-12-8-14(18(19)20)3-4-15(12)16/h3-8,17H,9H2,1-2H3. The van der Waals surface area contributed by atoms with Crippen molar-refractivity contribution in [2.45, 2.75) is 20.4 Å². The summed E-state index contributed by atoms with van der Waals surface area (Å²) in [6.07, 6.45) is 0. The second kappa shape index (κ2) is 5.92. The van der Waals surface area contributed by atoms with Gasteiger partial charge in [-0.2, -0.15) is 0 Å². The molecule has 0 aliphatic heterocycles. The smallest absolute Gasteiger partial charge is 0.269 e. The molecule has 1 N–H and O–H groups in total. The zero-order chi connectivity index (χ0) is 14.7. The van der Waals surface area contributed by atoms with Gasteiger partial charge in [-0.05, 0) is 48.7 Å². The average molecular weight is 291 g/mol. The van der Waals surface area contributed by atoms with Crippen molar-refractivity contribution >= 4 is 23.0 Å². The van der Waals surface area contributed by atoms with E-state index in [0.717, 1.165) is 16.8 Å². The molecule has 0 aliphatic rings. The maximum absolute atomic E-state index is 10.8. The van der Waals surface area contributed by atoms with Crippen molar-refractivity contribution in [2.24, 2.45) is 0 Å². The van der Waals surface area contributed by atoms with Gasteiger partial charge in [0.25, 0.3) is 5.69 Å². The molecule has 0 saturated heterocycles. The molecule has 2 rings (SSSR count). The molecule has 0 saturated carbocycles. The molecule has 0 heterocycles. The topological polar surface area (TPSA) is 55.2 Å². The minimum Gasteiger partial charge on any atom is -0.381 e. The molecular weight excluding hydrogens is 276 g/mol. The van der Waals surface area contributed by atoms with Gasteiger partial charge in [-0.3, -0.25) is 10.1 Å². The molecule has 5 heteroatoms. The fourth-order valence-corrected chi connectivity index (χ4v) is 2.27. The maximum atomic E-state index is 10.8. The van der Waals surface area contributed by atoms with E-state index in [9.17, 15) is 10.1 Å². The number of benzene rings is 2. The Morgan fingerprint density at radius 3 is 2.40 bits per heavy atom. The summed E-state index contributed by atoms with van der Waals surface area (Å²) in [5.41, 5.74) is 4.06. The number of nitro groups is 1. The van der Waals surface area contributed by atoms with Crippen LogP contribution in [0.1, 0.15) is 16.7 Å². The van der Waals surface area contributed by atoms with Crippen molar-refractivity contribution in [1.29, 1.82) is 0 Å². The number of nitrogens with one attached hydrogen (secondary N) is 1. The van der Waals surface area contributed by atoms with Crippen molar-refractivity contribution in [3.05, 3.63) is 68.2 Å². The van der Waals surface area contributed by atoms with Gasteiger partial charge in [0.05, 0.1) is 4.92 Å². The molecule has 0 aliphatic carbocycles. The largest absolute Gasteiger partial charge is 0.381 e. The number of hydrogen-bond acceptors (Lipinski definition) is 3. The monoisotopic (exact) mass is 290 g/mol. The lowest BCUT2D eigenvalue weighted by Crippen LogP contribution is -2.01. The summed E-state index contributed by atoms with van der Waals surface area (Å²) in [6, 6.07) is 10.6. The van der Waals surface area contributed by atoms with Gasteiger partial charge in [-0.25, -0.2) is 0 Å². The van der Waals surface area contributed by atoms with Gasteiger partial charge in [-0.15, -0.1) is 0 Å². The lowest BCUT2D eigenvalue weighted by molar-refractivity contribution is -0.384. The van der Waals surface area contributed by atoms with Gasteiger partial charge in [0, 0.05) is 29.4 Å². The summed E-state index contributed by atoms with van der Waals surface area (Å²) in [5, 5.41) is 14.5. The van der Waals surface area contributed by atoms with Crippen LogP contribution in [0.15, 0.2) is 36.4 Å². The summed E-state index contributed by atoms with van der Waals surface area (Å²) >= 11 is 6.07. The number of nitrogens with zero attached hydrogens (tertiary/aromatic N) is 1. The first-order valence-electron chi connectivity index (χ1n) is 6.20. The highest BCUT2D eigenvalue weighted by Gasteiger charge is 2.09. The molecular formula is C15H15ClN2O2. The van der Waals surface area contributed by atoms with Crippen molar-refractivity contribution in [1.82, 2.24) is 0 Å². The Kier molecular flexibility index (Phi) is 4.25.